The predicted octanol–water partition coefficient (Wildman–Crippen LogP) is 4.51. The van der Waals surface area contributed by atoms with Gasteiger partial charge in [-0.25, -0.2) is 9.07 Å². The van der Waals surface area contributed by atoms with Crippen molar-refractivity contribution in [2.45, 2.75) is 25.4 Å². The number of rotatable bonds is 5. The van der Waals surface area contributed by atoms with Gasteiger partial charge in [-0.15, -0.1) is 0 Å². The van der Waals surface area contributed by atoms with Gasteiger partial charge < -0.3 is 10.0 Å². The molecule has 2 atom stereocenters. The van der Waals surface area contributed by atoms with Gasteiger partial charge in [-0.2, -0.15) is 5.10 Å². The van der Waals surface area contributed by atoms with E-state index >= 15 is 0 Å². The number of amides is 1. The summed E-state index contributed by atoms with van der Waals surface area (Å²) in [5.41, 5.74) is 2.18. The third-order valence-corrected chi connectivity index (χ3v) is 6.62. The SMILES string of the molecule is C[C@@]1(c2ccc3c(cnn3-c3ccc(F)cc3)c2)[C@@H](C(=O)O)CC(=O)N1Cc1ccccc1. The summed E-state index contributed by atoms with van der Waals surface area (Å²) in [6.45, 7) is 2.15. The zero-order valence-corrected chi connectivity index (χ0v) is 18.0. The summed E-state index contributed by atoms with van der Waals surface area (Å²) in [5, 5.41) is 15.2. The van der Waals surface area contributed by atoms with Crippen molar-refractivity contribution < 1.29 is 19.1 Å². The highest BCUT2D eigenvalue weighted by molar-refractivity contribution is 5.89. The molecule has 3 aromatic carbocycles. The van der Waals surface area contributed by atoms with Crippen LogP contribution in [0.4, 0.5) is 4.39 Å². The summed E-state index contributed by atoms with van der Waals surface area (Å²) in [4.78, 5) is 26.8. The zero-order chi connectivity index (χ0) is 23.2. The van der Waals surface area contributed by atoms with Crippen molar-refractivity contribution in [2.24, 2.45) is 5.92 Å². The first kappa shape index (κ1) is 20.9. The number of carbonyl (C=O) groups excluding carboxylic acids is 1. The lowest BCUT2D eigenvalue weighted by molar-refractivity contribution is -0.145. The number of carboxylic acid groups (broad SMARTS) is 1. The van der Waals surface area contributed by atoms with Crippen LogP contribution >= 0.6 is 0 Å². The lowest BCUT2D eigenvalue weighted by atomic mass is 9.79. The Morgan fingerprint density at radius 1 is 1.12 bits per heavy atom. The van der Waals surface area contributed by atoms with Gasteiger partial charge in [0.25, 0.3) is 0 Å². The molecule has 1 saturated heterocycles. The summed E-state index contributed by atoms with van der Waals surface area (Å²) in [5.74, 6) is -2.38. The topological polar surface area (TPSA) is 75.4 Å². The van der Waals surface area contributed by atoms with Crippen molar-refractivity contribution in [3.63, 3.8) is 0 Å². The molecule has 2 heterocycles. The molecule has 1 aromatic heterocycles. The second kappa shape index (κ2) is 7.85. The van der Waals surface area contributed by atoms with E-state index < -0.39 is 17.4 Å². The molecule has 7 heteroatoms. The van der Waals surface area contributed by atoms with E-state index in [0.717, 1.165) is 27.7 Å². The molecule has 0 radical (unpaired) electrons. The summed E-state index contributed by atoms with van der Waals surface area (Å²) < 4.78 is 15.0. The fraction of sp³-hybridized carbons (Fsp3) is 0.192. The van der Waals surface area contributed by atoms with Gasteiger partial charge in [0.05, 0.1) is 28.9 Å². The number of aromatic nitrogens is 2. The van der Waals surface area contributed by atoms with Gasteiger partial charge in [0.2, 0.25) is 5.91 Å². The van der Waals surface area contributed by atoms with Crippen molar-refractivity contribution >= 4 is 22.8 Å². The fourth-order valence-corrected chi connectivity index (χ4v) is 4.77. The minimum atomic E-state index is -1.02. The Balaban J connectivity index is 1.59. The van der Waals surface area contributed by atoms with Crippen molar-refractivity contribution in [1.82, 2.24) is 14.7 Å². The van der Waals surface area contributed by atoms with E-state index in [-0.39, 0.29) is 18.1 Å². The van der Waals surface area contributed by atoms with Crippen LogP contribution in [-0.4, -0.2) is 31.7 Å². The molecule has 5 rings (SSSR count). The first-order valence-corrected chi connectivity index (χ1v) is 10.7. The normalized spacial score (nSPS) is 20.5. The average Bonchev–Trinajstić information content (AvgIpc) is 3.35. The first-order valence-electron chi connectivity index (χ1n) is 10.7. The van der Waals surface area contributed by atoms with Gasteiger partial charge in [-0.05, 0) is 54.4 Å². The lowest BCUT2D eigenvalue weighted by Crippen LogP contribution is -2.45. The molecule has 1 aliphatic heterocycles. The van der Waals surface area contributed by atoms with E-state index in [2.05, 4.69) is 5.10 Å². The van der Waals surface area contributed by atoms with Gasteiger partial charge in [0, 0.05) is 18.4 Å². The highest BCUT2D eigenvalue weighted by Crippen LogP contribution is 2.45. The number of nitrogens with zero attached hydrogens (tertiary/aromatic N) is 3. The van der Waals surface area contributed by atoms with Crippen molar-refractivity contribution in [2.75, 3.05) is 0 Å². The average molecular weight is 443 g/mol. The molecule has 0 aliphatic carbocycles. The summed E-state index contributed by atoms with van der Waals surface area (Å²) in [6.07, 6.45) is 1.64. The molecule has 4 aromatic rings. The monoisotopic (exact) mass is 443 g/mol. The number of hydrogen-bond donors (Lipinski definition) is 1. The van der Waals surface area contributed by atoms with Gasteiger partial charge in [-0.1, -0.05) is 36.4 Å². The molecule has 1 N–H and O–H groups in total. The maximum absolute atomic E-state index is 13.3. The number of carbonyl (C=O) groups is 2. The quantitative estimate of drug-likeness (QED) is 0.492. The highest BCUT2D eigenvalue weighted by atomic mass is 19.1. The molecular formula is C26H22FN3O3. The van der Waals surface area contributed by atoms with E-state index in [0.29, 0.717) is 6.54 Å². The lowest BCUT2D eigenvalue weighted by Gasteiger charge is -2.38. The Bertz CT molecular complexity index is 1350. The van der Waals surface area contributed by atoms with Crippen LogP contribution in [0.25, 0.3) is 16.6 Å². The Morgan fingerprint density at radius 2 is 1.85 bits per heavy atom. The third-order valence-electron chi connectivity index (χ3n) is 6.62. The van der Waals surface area contributed by atoms with Gasteiger partial charge in [0.1, 0.15) is 5.82 Å². The summed E-state index contributed by atoms with van der Waals surface area (Å²) in [6, 6.07) is 21.2. The first-order chi connectivity index (χ1) is 15.9. The standard InChI is InChI=1S/C26H22FN3O3/c1-26(22(25(32)33)14-24(31)29(26)16-17-5-3-2-4-6-17)19-7-12-23-18(13-19)15-28-30(23)21-10-8-20(27)9-11-21/h2-13,15,22H,14,16H2,1H3,(H,32,33)/t22-,26-/m1/s1. The van der Waals surface area contributed by atoms with Gasteiger partial charge in [-0.3, -0.25) is 9.59 Å². The molecule has 33 heavy (non-hydrogen) atoms. The Labute approximate surface area is 189 Å². The molecule has 6 nitrogen and oxygen atoms in total. The number of aliphatic carboxylic acids is 1. The Hall–Kier alpha value is -4.00. The minimum absolute atomic E-state index is 0.0501. The van der Waals surface area contributed by atoms with Crippen molar-refractivity contribution in [3.8, 4) is 5.69 Å². The number of carboxylic acids is 1. The van der Waals surface area contributed by atoms with Crippen LogP contribution in [0.5, 0.6) is 0 Å². The number of hydrogen-bond acceptors (Lipinski definition) is 3. The number of halogens is 1. The molecule has 1 amide bonds. The van der Waals surface area contributed by atoms with Crippen LogP contribution in [0.15, 0.2) is 79.0 Å². The molecule has 0 spiro atoms. The van der Waals surface area contributed by atoms with Crippen LogP contribution in [0.1, 0.15) is 24.5 Å². The molecule has 1 aliphatic rings. The molecule has 166 valence electrons. The summed E-state index contributed by atoms with van der Waals surface area (Å²) >= 11 is 0. The second-order valence-electron chi connectivity index (χ2n) is 8.51. The number of fused-ring (bicyclic) bond motifs is 1. The fourth-order valence-electron chi connectivity index (χ4n) is 4.77. The van der Waals surface area contributed by atoms with Crippen LogP contribution < -0.4 is 0 Å². The maximum Gasteiger partial charge on any atom is 0.309 e. The number of likely N-dealkylation sites (tertiary alicyclic amines) is 1. The van der Waals surface area contributed by atoms with E-state index in [4.69, 9.17) is 0 Å². The van der Waals surface area contributed by atoms with E-state index in [1.807, 2.05) is 55.5 Å². The van der Waals surface area contributed by atoms with Crippen LogP contribution in [0.3, 0.4) is 0 Å². The van der Waals surface area contributed by atoms with Crippen molar-refractivity contribution in [3.05, 3.63) is 95.9 Å². The van der Waals surface area contributed by atoms with Crippen LogP contribution in [-0.2, 0) is 21.7 Å². The largest absolute Gasteiger partial charge is 0.481 e. The third kappa shape index (κ3) is 3.46. The van der Waals surface area contributed by atoms with Crippen molar-refractivity contribution in [1.29, 1.82) is 0 Å². The minimum Gasteiger partial charge on any atom is -0.481 e. The second-order valence-corrected chi connectivity index (χ2v) is 8.51. The van der Waals surface area contributed by atoms with Gasteiger partial charge in [0.15, 0.2) is 0 Å². The number of benzene rings is 3. The molecule has 0 bridgehead atoms. The van der Waals surface area contributed by atoms with E-state index in [9.17, 15) is 19.1 Å². The Morgan fingerprint density at radius 3 is 2.55 bits per heavy atom. The molecular weight excluding hydrogens is 421 g/mol. The maximum atomic E-state index is 13.3. The predicted molar refractivity (Wildman–Crippen MR) is 121 cm³/mol. The summed E-state index contributed by atoms with van der Waals surface area (Å²) in [7, 11) is 0. The molecule has 0 saturated carbocycles. The van der Waals surface area contributed by atoms with Gasteiger partial charge >= 0.3 is 5.97 Å². The Kier molecular flexibility index (Phi) is 4.96. The molecule has 0 unspecified atom stereocenters. The molecule has 1 fully saturated rings. The van der Waals surface area contributed by atoms with E-state index in [1.54, 1.807) is 27.9 Å². The van der Waals surface area contributed by atoms with Crippen LogP contribution in [0.2, 0.25) is 0 Å². The van der Waals surface area contributed by atoms with E-state index in [1.165, 1.54) is 12.1 Å². The zero-order valence-electron chi connectivity index (χ0n) is 18.0. The highest BCUT2D eigenvalue weighted by Gasteiger charge is 2.54. The smallest absolute Gasteiger partial charge is 0.309 e. The van der Waals surface area contributed by atoms with Crippen LogP contribution in [0, 0.1) is 11.7 Å².